The molecule has 1 saturated heterocycles. The van der Waals surface area contributed by atoms with Crippen LogP contribution in [0.25, 0.3) is 0 Å². The van der Waals surface area contributed by atoms with E-state index in [1.165, 1.54) is 0 Å². The van der Waals surface area contributed by atoms with E-state index in [0.717, 1.165) is 37.2 Å². The fraction of sp³-hybridized carbons (Fsp3) is 0.588. The molecule has 1 N–H and O–H groups in total. The Kier molecular flexibility index (Phi) is 7.17. The van der Waals surface area contributed by atoms with Crippen molar-refractivity contribution in [2.24, 2.45) is 5.41 Å². The average molecular weight is 327 g/mol. The topological polar surface area (TPSA) is 41.6 Å². The van der Waals surface area contributed by atoms with Crippen molar-refractivity contribution < 1.29 is 9.53 Å². The number of hydrogen-bond acceptors (Lipinski definition) is 3. The number of piperidine rings is 1. The summed E-state index contributed by atoms with van der Waals surface area (Å²) in [7, 11) is 1.86. The van der Waals surface area contributed by atoms with E-state index < -0.39 is 0 Å². The van der Waals surface area contributed by atoms with Crippen LogP contribution in [0.2, 0.25) is 0 Å². The smallest absolute Gasteiger partial charge is 0.229 e. The van der Waals surface area contributed by atoms with Gasteiger partial charge < -0.3 is 15.0 Å². The van der Waals surface area contributed by atoms with Crippen LogP contribution in [0.3, 0.4) is 0 Å². The molecule has 5 heteroatoms. The first-order chi connectivity index (χ1) is 10.0. The second kappa shape index (κ2) is 8.39. The number of ether oxygens (including phenoxy) is 1. The number of halogens is 1. The molecular formula is C17H27ClN2O2. The number of nitrogens with one attached hydrogen (secondary N) is 1. The lowest BCUT2D eigenvalue weighted by atomic mass is 9.81. The predicted molar refractivity (Wildman–Crippen MR) is 91.8 cm³/mol. The van der Waals surface area contributed by atoms with Crippen molar-refractivity contribution in [3.63, 3.8) is 0 Å². The van der Waals surface area contributed by atoms with E-state index >= 15 is 0 Å². The molecule has 1 aliphatic heterocycles. The van der Waals surface area contributed by atoms with Crippen LogP contribution in [0.1, 0.15) is 25.3 Å². The number of carbonyl (C=O) groups excluding carboxylic acids is 1. The zero-order chi connectivity index (χ0) is 15.3. The monoisotopic (exact) mass is 326 g/mol. The maximum absolute atomic E-state index is 12.6. The van der Waals surface area contributed by atoms with Crippen molar-refractivity contribution >= 4 is 18.3 Å². The van der Waals surface area contributed by atoms with Gasteiger partial charge in [-0.15, -0.1) is 12.4 Å². The average Bonchev–Trinajstić information content (AvgIpc) is 2.49. The molecule has 1 aliphatic rings. The highest BCUT2D eigenvalue weighted by Gasteiger charge is 2.36. The molecule has 1 heterocycles. The molecule has 0 bridgehead atoms. The summed E-state index contributed by atoms with van der Waals surface area (Å²) in [5, 5.41) is 3.32. The van der Waals surface area contributed by atoms with Gasteiger partial charge >= 0.3 is 0 Å². The summed E-state index contributed by atoms with van der Waals surface area (Å²) >= 11 is 0. The van der Waals surface area contributed by atoms with Gasteiger partial charge in [-0.05, 0) is 44.9 Å². The van der Waals surface area contributed by atoms with Crippen molar-refractivity contribution in [2.75, 3.05) is 33.3 Å². The first-order valence-corrected chi connectivity index (χ1v) is 7.68. The van der Waals surface area contributed by atoms with Gasteiger partial charge in [0.05, 0.1) is 12.0 Å². The van der Waals surface area contributed by atoms with Crippen molar-refractivity contribution in [1.82, 2.24) is 10.2 Å². The van der Waals surface area contributed by atoms with Crippen molar-refractivity contribution in [1.29, 1.82) is 0 Å². The fourth-order valence-electron chi connectivity index (χ4n) is 2.81. The molecular weight excluding hydrogens is 300 g/mol. The second-order valence-electron chi connectivity index (χ2n) is 6.18. The third-order valence-corrected chi connectivity index (χ3v) is 4.24. The van der Waals surface area contributed by atoms with Crippen LogP contribution in [-0.4, -0.2) is 44.1 Å². The van der Waals surface area contributed by atoms with Crippen molar-refractivity contribution in [2.45, 2.75) is 26.7 Å². The van der Waals surface area contributed by atoms with Gasteiger partial charge in [0, 0.05) is 13.6 Å². The molecule has 1 aromatic rings. The maximum Gasteiger partial charge on any atom is 0.229 e. The van der Waals surface area contributed by atoms with Crippen LogP contribution in [0.15, 0.2) is 24.3 Å². The molecule has 1 atom stereocenters. The molecule has 1 unspecified atom stereocenters. The number of rotatable bonds is 5. The molecule has 124 valence electrons. The van der Waals surface area contributed by atoms with Gasteiger partial charge in [-0.1, -0.05) is 18.2 Å². The number of para-hydroxylation sites is 1. The highest BCUT2D eigenvalue weighted by Crippen LogP contribution is 2.27. The molecule has 1 amide bonds. The van der Waals surface area contributed by atoms with E-state index in [4.69, 9.17) is 4.74 Å². The number of carbonyl (C=O) groups is 1. The van der Waals surface area contributed by atoms with Crippen LogP contribution in [0, 0.1) is 12.3 Å². The molecule has 0 aromatic heterocycles. The Bertz CT molecular complexity index is 487. The third-order valence-electron chi connectivity index (χ3n) is 4.24. The first-order valence-electron chi connectivity index (χ1n) is 7.68. The largest absolute Gasteiger partial charge is 0.491 e. The van der Waals surface area contributed by atoms with Gasteiger partial charge in [0.15, 0.2) is 0 Å². The second-order valence-corrected chi connectivity index (χ2v) is 6.18. The number of benzene rings is 1. The Hall–Kier alpha value is -1.26. The summed E-state index contributed by atoms with van der Waals surface area (Å²) in [5.74, 6) is 1.10. The fourth-order valence-corrected chi connectivity index (χ4v) is 2.81. The molecule has 0 spiro atoms. The molecule has 4 nitrogen and oxygen atoms in total. The van der Waals surface area contributed by atoms with Gasteiger partial charge in [-0.3, -0.25) is 4.79 Å². The summed E-state index contributed by atoms with van der Waals surface area (Å²) in [6.07, 6.45) is 2.03. The maximum atomic E-state index is 12.6. The summed E-state index contributed by atoms with van der Waals surface area (Å²) in [4.78, 5) is 14.4. The van der Waals surface area contributed by atoms with Crippen molar-refractivity contribution in [3.05, 3.63) is 29.8 Å². The number of nitrogens with zero attached hydrogens (tertiary/aromatic N) is 1. The van der Waals surface area contributed by atoms with Crippen LogP contribution >= 0.6 is 12.4 Å². The highest BCUT2D eigenvalue weighted by molar-refractivity contribution is 5.85. The van der Waals surface area contributed by atoms with Crippen LogP contribution in [0.5, 0.6) is 5.75 Å². The van der Waals surface area contributed by atoms with Crippen LogP contribution in [-0.2, 0) is 4.79 Å². The summed E-state index contributed by atoms with van der Waals surface area (Å²) in [6, 6.07) is 7.95. The summed E-state index contributed by atoms with van der Waals surface area (Å²) in [6.45, 7) is 7.01. The van der Waals surface area contributed by atoms with E-state index in [2.05, 4.69) is 12.2 Å². The third kappa shape index (κ3) is 4.62. The Morgan fingerprint density at radius 1 is 1.41 bits per heavy atom. The van der Waals surface area contributed by atoms with Gasteiger partial charge in [-0.2, -0.15) is 0 Å². The molecule has 0 saturated carbocycles. The number of amides is 1. The quantitative estimate of drug-likeness (QED) is 0.904. The molecule has 1 fully saturated rings. The van der Waals surface area contributed by atoms with E-state index in [1.807, 2.05) is 38.2 Å². The highest BCUT2D eigenvalue weighted by atomic mass is 35.5. The van der Waals surface area contributed by atoms with Gasteiger partial charge in [0.2, 0.25) is 5.91 Å². The minimum absolute atomic E-state index is 0. The molecule has 2 rings (SSSR count). The molecule has 0 aliphatic carbocycles. The SMILES string of the molecule is Cc1ccccc1OCCN(C)C(=O)C1(C)CCCNC1.Cl. The lowest BCUT2D eigenvalue weighted by molar-refractivity contribution is -0.141. The van der Waals surface area contributed by atoms with E-state index in [-0.39, 0.29) is 23.7 Å². The van der Waals surface area contributed by atoms with E-state index in [9.17, 15) is 4.79 Å². The van der Waals surface area contributed by atoms with Gasteiger partial charge in [-0.25, -0.2) is 0 Å². The zero-order valence-corrected chi connectivity index (χ0v) is 14.5. The van der Waals surface area contributed by atoms with Gasteiger partial charge in [0.1, 0.15) is 12.4 Å². The Balaban J connectivity index is 0.00000242. The minimum Gasteiger partial charge on any atom is -0.491 e. The number of hydrogen-bond donors (Lipinski definition) is 1. The Morgan fingerprint density at radius 3 is 2.77 bits per heavy atom. The van der Waals surface area contributed by atoms with Crippen LogP contribution < -0.4 is 10.1 Å². The van der Waals surface area contributed by atoms with E-state index in [0.29, 0.717) is 13.2 Å². The number of aryl methyl sites for hydroxylation is 1. The minimum atomic E-state index is -0.268. The first kappa shape index (κ1) is 18.8. The van der Waals surface area contributed by atoms with Crippen molar-refractivity contribution in [3.8, 4) is 5.75 Å². The zero-order valence-electron chi connectivity index (χ0n) is 13.7. The molecule has 0 radical (unpaired) electrons. The Labute approximate surface area is 139 Å². The summed E-state index contributed by atoms with van der Waals surface area (Å²) in [5.41, 5.74) is 0.852. The number of likely N-dealkylation sites (N-methyl/N-ethyl adjacent to an activating group) is 1. The lowest BCUT2D eigenvalue weighted by Gasteiger charge is -2.36. The van der Waals surface area contributed by atoms with Gasteiger partial charge in [0.25, 0.3) is 0 Å². The predicted octanol–water partition coefficient (Wildman–Crippen LogP) is 2.64. The summed E-state index contributed by atoms with van der Waals surface area (Å²) < 4.78 is 5.77. The standard InChI is InChI=1S/C17H26N2O2.ClH/c1-14-7-4-5-8-15(14)21-12-11-19(3)16(20)17(2)9-6-10-18-13-17;/h4-5,7-8,18H,6,9-13H2,1-3H3;1H. The van der Waals surface area contributed by atoms with Crippen LogP contribution in [0.4, 0.5) is 0 Å². The molecule has 22 heavy (non-hydrogen) atoms. The van der Waals surface area contributed by atoms with E-state index in [1.54, 1.807) is 4.90 Å². The normalized spacial score (nSPS) is 20.9. The molecule has 1 aromatic carbocycles. The lowest BCUT2D eigenvalue weighted by Crippen LogP contribution is -2.49. The Morgan fingerprint density at radius 2 is 2.14 bits per heavy atom.